The highest BCUT2D eigenvalue weighted by Gasteiger charge is 2.58. The van der Waals surface area contributed by atoms with Crippen LogP contribution in [0.2, 0.25) is 0 Å². The molecular weight excluding hydrogens is 432 g/mol. The smallest absolute Gasteiger partial charge is 0.328 e. The quantitative estimate of drug-likeness (QED) is 0.496. The zero-order valence-electron chi connectivity index (χ0n) is 20.9. The summed E-state index contributed by atoms with van der Waals surface area (Å²) in [7, 11) is 1.35. The van der Waals surface area contributed by atoms with Gasteiger partial charge in [0.2, 0.25) is 0 Å². The van der Waals surface area contributed by atoms with Crippen LogP contribution in [-0.2, 0) is 19.2 Å². The number of aliphatic hydroxyl groups excluding tert-OH is 1. The van der Waals surface area contributed by atoms with E-state index >= 15 is 0 Å². The Morgan fingerprint density at radius 2 is 1.94 bits per heavy atom. The summed E-state index contributed by atoms with van der Waals surface area (Å²) in [6.07, 6.45) is 12.2. The molecule has 1 saturated heterocycles. The Labute approximate surface area is 202 Å². The fourth-order valence-corrected chi connectivity index (χ4v) is 8.32. The molecule has 4 aliphatic carbocycles. The van der Waals surface area contributed by atoms with Crippen LogP contribution in [0, 0.1) is 28.6 Å². The molecule has 1 N–H and O–H groups in total. The Hall–Kier alpha value is -1.89. The van der Waals surface area contributed by atoms with Crippen LogP contribution in [0.3, 0.4) is 0 Å². The maximum atomic E-state index is 12.6. The molecule has 5 aliphatic rings. The minimum absolute atomic E-state index is 0.114. The van der Waals surface area contributed by atoms with Crippen molar-refractivity contribution in [2.45, 2.75) is 90.2 Å². The number of oxime groups is 1. The Kier molecular flexibility index (Phi) is 6.28. The zero-order chi connectivity index (χ0) is 24.1. The van der Waals surface area contributed by atoms with E-state index in [2.05, 4.69) is 25.1 Å². The van der Waals surface area contributed by atoms with Gasteiger partial charge in [0.15, 0.2) is 6.61 Å². The first-order valence-electron chi connectivity index (χ1n) is 13.2. The highest BCUT2D eigenvalue weighted by molar-refractivity contribution is 5.96. The molecule has 0 radical (unpaired) electrons. The van der Waals surface area contributed by atoms with Crippen LogP contribution in [0.1, 0.15) is 78.1 Å². The number of ether oxygens (including phenoxy) is 1. The lowest BCUT2D eigenvalue weighted by Crippen LogP contribution is -2.51. The molecule has 0 aromatic carbocycles. The highest BCUT2D eigenvalue weighted by atomic mass is 16.6. The van der Waals surface area contributed by atoms with E-state index in [1.165, 1.54) is 31.9 Å². The first-order chi connectivity index (χ1) is 16.3. The Balaban J connectivity index is 1.23. The zero-order valence-corrected chi connectivity index (χ0v) is 20.9. The Morgan fingerprint density at radius 3 is 2.74 bits per heavy atom. The molecule has 0 unspecified atom stereocenters. The third-order valence-electron chi connectivity index (χ3n) is 10.3. The summed E-state index contributed by atoms with van der Waals surface area (Å²) in [6, 6.07) is -0.500. The molecule has 7 atom stereocenters. The van der Waals surface area contributed by atoms with Gasteiger partial charge in [-0.05, 0) is 98.9 Å². The molecule has 4 fully saturated rings. The van der Waals surface area contributed by atoms with Gasteiger partial charge < -0.3 is 19.6 Å². The van der Waals surface area contributed by atoms with Gasteiger partial charge in [-0.2, -0.15) is 0 Å². The van der Waals surface area contributed by atoms with Crippen molar-refractivity contribution in [1.82, 2.24) is 4.90 Å². The molecule has 0 aromatic heterocycles. The molecule has 7 heteroatoms. The van der Waals surface area contributed by atoms with Gasteiger partial charge in [-0.1, -0.05) is 24.6 Å². The molecule has 0 bridgehead atoms. The number of esters is 1. The van der Waals surface area contributed by atoms with Gasteiger partial charge in [0.25, 0.3) is 5.91 Å². The number of likely N-dealkylation sites (tertiary alicyclic amines) is 1. The number of nitrogens with zero attached hydrogens (tertiary/aromatic N) is 2. The standard InChI is InChI=1S/C27H40N2O5/c1-26-12-10-18(28-34-16-24(31)29-14-4-5-22(29)25(32)33-3)15-17(26)6-7-19-20-8-9-23(30)27(20,2)13-11-21(19)26/h15,19-23,30H,4-14,16H2,1-3H3/b28-18+/t19-,20-,21-,22+,23-,26-,27-/m0/s1. The summed E-state index contributed by atoms with van der Waals surface area (Å²) < 4.78 is 4.82. The number of rotatable bonds is 4. The van der Waals surface area contributed by atoms with Crippen molar-refractivity contribution in [2.75, 3.05) is 20.3 Å². The van der Waals surface area contributed by atoms with Crippen molar-refractivity contribution in [1.29, 1.82) is 0 Å². The number of amides is 1. The lowest BCUT2D eigenvalue weighted by Gasteiger charge is -2.57. The second kappa shape index (κ2) is 8.96. The van der Waals surface area contributed by atoms with E-state index in [9.17, 15) is 14.7 Å². The van der Waals surface area contributed by atoms with Gasteiger partial charge in [-0.25, -0.2) is 4.79 Å². The van der Waals surface area contributed by atoms with E-state index in [1.807, 2.05) is 0 Å². The van der Waals surface area contributed by atoms with Crippen molar-refractivity contribution < 1.29 is 24.3 Å². The first-order valence-corrected chi connectivity index (χ1v) is 13.2. The summed E-state index contributed by atoms with van der Waals surface area (Å²) in [6.45, 7) is 5.19. The van der Waals surface area contributed by atoms with E-state index in [4.69, 9.17) is 9.57 Å². The summed E-state index contributed by atoms with van der Waals surface area (Å²) in [5, 5.41) is 15.0. The van der Waals surface area contributed by atoms with Gasteiger partial charge in [-0.3, -0.25) is 4.79 Å². The molecule has 1 amide bonds. The molecule has 188 valence electrons. The van der Waals surface area contributed by atoms with Gasteiger partial charge in [0, 0.05) is 6.54 Å². The lowest BCUT2D eigenvalue weighted by atomic mass is 9.47. The molecule has 1 heterocycles. The van der Waals surface area contributed by atoms with Crippen LogP contribution in [0.25, 0.3) is 0 Å². The second-order valence-corrected chi connectivity index (χ2v) is 11.8. The summed E-state index contributed by atoms with van der Waals surface area (Å²) in [4.78, 5) is 31.5. The third-order valence-corrected chi connectivity index (χ3v) is 10.3. The molecule has 3 saturated carbocycles. The largest absolute Gasteiger partial charge is 0.467 e. The second-order valence-electron chi connectivity index (χ2n) is 11.8. The highest BCUT2D eigenvalue weighted by Crippen LogP contribution is 2.65. The molecule has 5 rings (SSSR count). The monoisotopic (exact) mass is 472 g/mol. The number of carbonyl (C=O) groups excluding carboxylic acids is 2. The topological polar surface area (TPSA) is 88.4 Å². The van der Waals surface area contributed by atoms with Crippen LogP contribution in [-0.4, -0.2) is 60.0 Å². The molecule has 7 nitrogen and oxygen atoms in total. The molecule has 1 aliphatic heterocycles. The number of allylic oxidation sites excluding steroid dienone is 2. The van der Waals surface area contributed by atoms with Crippen LogP contribution in [0.4, 0.5) is 0 Å². The van der Waals surface area contributed by atoms with Crippen molar-refractivity contribution in [3.05, 3.63) is 11.6 Å². The summed E-state index contributed by atoms with van der Waals surface area (Å²) in [5.41, 5.74) is 2.72. The number of carbonyl (C=O) groups is 2. The fraction of sp³-hybridized carbons (Fsp3) is 0.815. The maximum Gasteiger partial charge on any atom is 0.328 e. The number of aliphatic hydroxyl groups is 1. The predicted molar refractivity (Wildman–Crippen MR) is 128 cm³/mol. The molecule has 34 heavy (non-hydrogen) atoms. The summed E-state index contributed by atoms with van der Waals surface area (Å²) in [5.74, 6) is 1.48. The van der Waals surface area contributed by atoms with Crippen LogP contribution >= 0.6 is 0 Å². The van der Waals surface area contributed by atoms with Gasteiger partial charge in [0.05, 0.1) is 18.9 Å². The lowest BCUT2D eigenvalue weighted by molar-refractivity contribution is -0.152. The predicted octanol–water partition coefficient (Wildman–Crippen LogP) is 3.85. The molecular formula is C27H40N2O5. The van der Waals surface area contributed by atoms with Gasteiger partial charge in [0.1, 0.15) is 6.04 Å². The fourth-order valence-electron chi connectivity index (χ4n) is 8.32. The average Bonchev–Trinajstić information content (AvgIpc) is 3.43. The maximum absolute atomic E-state index is 12.6. The third kappa shape index (κ3) is 3.78. The normalized spacial score (nSPS) is 42.5. The van der Waals surface area contributed by atoms with Crippen molar-refractivity contribution in [3.63, 3.8) is 0 Å². The van der Waals surface area contributed by atoms with E-state index in [-0.39, 0.29) is 35.4 Å². The number of hydrogen-bond donors (Lipinski definition) is 1. The van der Waals surface area contributed by atoms with E-state index in [0.717, 1.165) is 44.2 Å². The van der Waals surface area contributed by atoms with Crippen LogP contribution < -0.4 is 0 Å². The SMILES string of the molecule is COC(=O)[C@H]1CCCN1C(=O)CO/N=C1/C=C2CC[C@H]3[C@@H]4CC[C@H](O)[C@@]4(C)CC[C@@H]3[C@@]2(C)CC1. The summed E-state index contributed by atoms with van der Waals surface area (Å²) >= 11 is 0. The minimum atomic E-state index is -0.500. The van der Waals surface area contributed by atoms with Gasteiger partial charge in [-0.15, -0.1) is 0 Å². The molecule has 0 aromatic rings. The first kappa shape index (κ1) is 23.8. The number of methoxy groups -OCH3 is 1. The van der Waals surface area contributed by atoms with Gasteiger partial charge >= 0.3 is 5.97 Å². The number of hydrogen-bond acceptors (Lipinski definition) is 6. The van der Waals surface area contributed by atoms with E-state index in [0.29, 0.717) is 30.7 Å². The Morgan fingerprint density at radius 1 is 1.12 bits per heavy atom. The van der Waals surface area contributed by atoms with Crippen molar-refractivity contribution >= 4 is 17.6 Å². The molecule has 0 spiro atoms. The van der Waals surface area contributed by atoms with Crippen molar-refractivity contribution in [3.8, 4) is 0 Å². The van der Waals surface area contributed by atoms with Crippen LogP contribution in [0.5, 0.6) is 0 Å². The van der Waals surface area contributed by atoms with E-state index < -0.39 is 6.04 Å². The minimum Gasteiger partial charge on any atom is -0.467 e. The number of fused-ring (bicyclic) bond motifs is 5. The van der Waals surface area contributed by atoms with Crippen LogP contribution in [0.15, 0.2) is 16.8 Å². The van der Waals surface area contributed by atoms with Crippen molar-refractivity contribution in [2.24, 2.45) is 33.7 Å². The average molecular weight is 473 g/mol. The Bertz CT molecular complexity index is 899. The van der Waals surface area contributed by atoms with E-state index in [1.54, 1.807) is 4.90 Å².